The molecule has 4 heteroatoms. The van der Waals surface area contributed by atoms with E-state index < -0.39 is 5.97 Å². The molecule has 0 unspecified atom stereocenters. The summed E-state index contributed by atoms with van der Waals surface area (Å²) in [5.41, 5.74) is 1.33. The van der Waals surface area contributed by atoms with E-state index in [0.29, 0.717) is 16.3 Å². The van der Waals surface area contributed by atoms with Gasteiger partial charge in [-0.3, -0.25) is 0 Å². The molecule has 20 heavy (non-hydrogen) atoms. The van der Waals surface area contributed by atoms with E-state index >= 15 is 0 Å². The van der Waals surface area contributed by atoms with Crippen molar-refractivity contribution in [1.82, 2.24) is 0 Å². The highest BCUT2D eigenvalue weighted by molar-refractivity contribution is 6.30. The molecule has 0 aliphatic carbocycles. The van der Waals surface area contributed by atoms with Crippen LogP contribution in [0.3, 0.4) is 0 Å². The lowest BCUT2D eigenvalue weighted by Crippen LogP contribution is -2.03. The molecule has 0 saturated heterocycles. The molecule has 0 N–H and O–H groups in total. The van der Waals surface area contributed by atoms with E-state index in [2.05, 4.69) is 0 Å². The molecule has 0 heterocycles. The summed E-state index contributed by atoms with van der Waals surface area (Å²) in [6.07, 6.45) is 2.95. The molecule has 0 saturated carbocycles. The largest absolute Gasteiger partial charge is 0.423 e. The Hall–Kier alpha value is -2.57. The zero-order chi connectivity index (χ0) is 14.4. The van der Waals surface area contributed by atoms with E-state index in [1.165, 1.54) is 6.08 Å². The summed E-state index contributed by atoms with van der Waals surface area (Å²) in [5.74, 6) is -0.0978. The van der Waals surface area contributed by atoms with Crippen molar-refractivity contribution in [3.05, 3.63) is 70.8 Å². The summed E-state index contributed by atoms with van der Waals surface area (Å²) in [6.45, 7) is 0. The number of nitrogens with zero attached hydrogens (tertiary/aromatic N) is 1. The van der Waals surface area contributed by atoms with Crippen LogP contribution in [0, 0.1) is 11.3 Å². The van der Waals surface area contributed by atoms with Gasteiger partial charge in [0.25, 0.3) is 0 Å². The third kappa shape index (κ3) is 3.98. The van der Waals surface area contributed by atoms with Crippen molar-refractivity contribution in [3.63, 3.8) is 0 Å². The van der Waals surface area contributed by atoms with Gasteiger partial charge in [-0.15, -0.1) is 0 Å². The lowest BCUT2D eigenvalue weighted by Gasteiger charge is -2.00. The van der Waals surface area contributed by atoms with E-state index in [-0.39, 0.29) is 0 Å². The van der Waals surface area contributed by atoms with Gasteiger partial charge in [-0.1, -0.05) is 23.7 Å². The molecular weight excluding hydrogens is 274 g/mol. The molecule has 3 nitrogen and oxygen atoms in total. The first kappa shape index (κ1) is 13.9. The Bertz CT molecular complexity index is 684. The Labute approximate surface area is 121 Å². The number of benzene rings is 2. The number of halogens is 1. The first-order valence-corrected chi connectivity index (χ1v) is 6.21. The Kier molecular flexibility index (Phi) is 4.54. The second-order valence-corrected chi connectivity index (χ2v) is 4.38. The number of carbonyl (C=O) groups excluding carboxylic acids is 1. The predicted octanol–water partition coefficient (Wildman–Crippen LogP) is 3.83. The van der Waals surface area contributed by atoms with Crippen molar-refractivity contribution in [2.24, 2.45) is 0 Å². The molecule has 0 amide bonds. The van der Waals surface area contributed by atoms with Crippen LogP contribution in [0.5, 0.6) is 5.75 Å². The number of nitriles is 1. The highest BCUT2D eigenvalue weighted by atomic mass is 35.5. The van der Waals surface area contributed by atoms with Crippen LogP contribution >= 0.6 is 11.6 Å². The van der Waals surface area contributed by atoms with Crippen LogP contribution in [0.15, 0.2) is 54.6 Å². The topological polar surface area (TPSA) is 50.1 Å². The fraction of sp³-hybridized carbons (Fsp3) is 0. The predicted molar refractivity (Wildman–Crippen MR) is 77.3 cm³/mol. The third-order valence-electron chi connectivity index (χ3n) is 2.46. The van der Waals surface area contributed by atoms with E-state index in [1.807, 2.05) is 12.1 Å². The van der Waals surface area contributed by atoms with Crippen LogP contribution in [-0.2, 0) is 4.79 Å². The van der Waals surface area contributed by atoms with Gasteiger partial charge in [0.2, 0.25) is 0 Å². The molecule has 0 fully saturated rings. The van der Waals surface area contributed by atoms with Gasteiger partial charge < -0.3 is 4.74 Å². The molecule has 2 aromatic rings. The fourth-order valence-electron chi connectivity index (χ4n) is 1.52. The normalized spacial score (nSPS) is 10.2. The molecule has 2 aromatic carbocycles. The summed E-state index contributed by atoms with van der Waals surface area (Å²) in [4.78, 5) is 11.6. The van der Waals surface area contributed by atoms with Crippen LogP contribution < -0.4 is 4.74 Å². The number of carbonyl (C=O) groups is 1. The summed E-state index contributed by atoms with van der Waals surface area (Å²) in [5, 5.41) is 9.27. The first-order valence-electron chi connectivity index (χ1n) is 5.83. The van der Waals surface area contributed by atoms with Crippen molar-refractivity contribution in [2.75, 3.05) is 0 Å². The van der Waals surface area contributed by atoms with Gasteiger partial charge >= 0.3 is 5.97 Å². The van der Waals surface area contributed by atoms with Gasteiger partial charge in [-0.2, -0.15) is 5.26 Å². The number of hydrogen-bond acceptors (Lipinski definition) is 3. The molecular formula is C16H10ClNO2. The van der Waals surface area contributed by atoms with Crippen LogP contribution in [0.25, 0.3) is 6.08 Å². The van der Waals surface area contributed by atoms with E-state index in [1.54, 1.807) is 48.5 Å². The van der Waals surface area contributed by atoms with Crippen molar-refractivity contribution in [3.8, 4) is 11.8 Å². The quantitative estimate of drug-likeness (QED) is 0.489. The lowest BCUT2D eigenvalue weighted by molar-refractivity contribution is -0.128. The molecule has 0 radical (unpaired) electrons. The van der Waals surface area contributed by atoms with Crippen LogP contribution in [0.2, 0.25) is 5.02 Å². The molecule has 0 aliphatic rings. The minimum absolute atomic E-state index is 0.393. The van der Waals surface area contributed by atoms with E-state index in [9.17, 15) is 4.79 Å². The zero-order valence-electron chi connectivity index (χ0n) is 10.4. The number of ether oxygens (including phenoxy) is 1. The zero-order valence-corrected chi connectivity index (χ0v) is 11.2. The van der Waals surface area contributed by atoms with Crippen molar-refractivity contribution in [1.29, 1.82) is 5.26 Å². The highest BCUT2D eigenvalue weighted by Gasteiger charge is 2.00. The average molecular weight is 284 g/mol. The van der Waals surface area contributed by atoms with Gasteiger partial charge in [-0.25, -0.2) is 4.79 Å². The minimum Gasteiger partial charge on any atom is -0.423 e. The summed E-state index contributed by atoms with van der Waals surface area (Å²) < 4.78 is 5.10. The number of hydrogen-bond donors (Lipinski definition) is 0. The van der Waals surface area contributed by atoms with Crippen molar-refractivity contribution in [2.45, 2.75) is 0 Å². The average Bonchev–Trinajstić information content (AvgIpc) is 2.46. The second-order valence-electron chi connectivity index (χ2n) is 3.95. The summed E-state index contributed by atoms with van der Waals surface area (Å²) >= 11 is 5.84. The van der Waals surface area contributed by atoms with Gasteiger partial charge in [0.05, 0.1) is 11.6 Å². The summed E-state index contributed by atoms with van der Waals surface area (Å²) in [6, 6.07) is 15.4. The van der Waals surface area contributed by atoms with Crippen molar-refractivity contribution >= 4 is 23.6 Å². The van der Waals surface area contributed by atoms with Crippen LogP contribution in [-0.4, -0.2) is 5.97 Å². The first-order chi connectivity index (χ1) is 9.67. The van der Waals surface area contributed by atoms with Crippen LogP contribution in [0.4, 0.5) is 0 Å². The monoisotopic (exact) mass is 283 g/mol. The second kappa shape index (κ2) is 6.55. The molecule has 0 spiro atoms. The van der Waals surface area contributed by atoms with Crippen molar-refractivity contribution < 1.29 is 9.53 Å². The maximum Gasteiger partial charge on any atom is 0.336 e. The maximum atomic E-state index is 11.6. The standard InChI is InChI=1S/C16H10ClNO2/c17-14-3-1-2-12(10-14)6-9-16(19)20-15-7-4-13(11-18)5-8-15/h1-10H. The highest BCUT2D eigenvalue weighted by Crippen LogP contribution is 2.14. The SMILES string of the molecule is N#Cc1ccc(OC(=O)C=Cc2cccc(Cl)c2)cc1. The van der Waals surface area contributed by atoms with Gasteiger partial charge in [0.15, 0.2) is 0 Å². The molecule has 0 aromatic heterocycles. The number of esters is 1. The maximum absolute atomic E-state index is 11.6. The smallest absolute Gasteiger partial charge is 0.336 e. The molecule has 2 rings (SSSR count). The van der Waals surface area contributed by atoms with E-state index in [0.717, 1.165) is 5.56 Å². The van der Waals surface area contributed by atoms with Gasteiger partial charge in [0, 0.05) is 11.1 Å². The number of rotatable bonds is 3. The minimum atomic E-state index is -0.491. The van der Waals surface area contributed by atoms with E-state index in [4.69, 9.17) is 21.6 Å². The van der Waals surface area contributed by atoms with Gasteiger partial charge in [0.1, 0.15) is 5.75 Å². The molecule has 0 atom stereocenters. The fourth-order valence-corrected chi connectivity index (χ4v) is 1.72. The Morgan fingerprint density at radius 2 is 1.95 bits per heavy atom. The molecule has 0 aliphatic heterocycles. The third-order valence-corrected chi connectivity index (χ3v) is 2.70. The lowest BCUT2D eigenvalue weighted by atomic mass is 10.2. The molecule has 0 bridgehead atoms. The van der Waals surface area contributed by atoms with Crippen LogP contribution in [0.1, 0.15) is 11.1 Å². The summed E-state index contributed by atoms with van der Waals surface area (Å²) in [7, 11) is 0. The Morgan fingerprint density at radius 1 is 1.20 bits per heavy atom. The molecule has 98 valence electrons. The van der Waals surface area contributed by atoms with Gasteiger partial charge in [-0.05, 0) is 48.0 Å². The Balaban J connectivity index is 2.00. The Morgan fingerprint density at radius 3 is 2.60 bits per heavy atom.